The maximum Gasteiger partial charge on any atom is 0.263 e. The number of hydrogen-bond donors (Lipinski definition) is 3. The minimum Gasteiger partial charge on any atom is -0.361 e. The van der Waals surface area contributed by atoms with Crippen molar-refractivity contribution in [2.45, 2.75) is 0 Å². The summed E-state index contributed by atoms with van der Waals surface area (Å²) in [4.78, 5) is 30.8. The summed E-state index contributed by atoms with van der Waals surface area (Å²) in [7, 11) is 1.82. The molecule has 0 aliphatic carbocycles. The van der Waals surface area contributed by atoms with Crippen LogP contribution in [-0.2, 0) is 16.6 Å². The molecule has 23 heavy (non-hydrogen) atoms. The Kier molecular flexibility index (Phi) is 2.99. The second-order valence-electron chi connectivity index (χ2n) is 5.36. The highest BCUT2D eigenvalue weighted by Crippen LogP contribution is 2.34. The maximum atomic E-state index is 12.4. The van der Waals surface area contributed by atoms with Crippen LogP contribution in [0.2, 0.25) is 0 Å². The Balaban J connectivity index is 2.03. The van der Waals surface area contributed by atoms with Gasteiger partial charge in [0, 0.05) is 27.1 Å². The van der Waals surface area contributed by atoms with Crippen molar-refractivity contribution in [3.63, 3.8) is 0 Å². The molecule has 0 saturated heterocycles. The van der Waals surface area contributed by atoms with Gasteiger partial charge >= 0.3 is 0 Å². The van der Waals surface area contributed by atoms with E-state index in [1.165, 1.54) is 0 Å². The predicted molar refractivity (Wildman–Crippen MR) is 87.9 cm³/mol. The number of hydrogen-bond acceptors (Lipinski definition) is 2. The molecule has 3 N–H and O–H groups in total. The summed E-state index contributed by atoms with van der Waals surface area (Å²) in [6.07, 6.45) is 5.19. The molecule has 6 nitrogen and oxygen atoms in total. The normalized spacial score (nSPS) is 14.9. The molecule has 1 aromatic carbocycles. The van der Waals surface area contributed by atoms with Crippen LogP contribution in [0.1, 0.15) is 11.3 Å². The lowest BCUT2D eigenvalue weighted by atomic mass is 9.99. The summed E-state index contributed by atoms with van der Waals surface area (Å²) in [5.74, 6) is -0.762. The molecule has 0 bridgehead atoms. The molecular formula is C16H12BrN4O2+. The first-order valence-electron chi connectivity index (χ1n) is 6.96. The first-order valence-corrected chi connectivity index (χ1v) is 7.75. The van der Waals surface area contributed by atoms with Gasteiger partial charge in [-0.2, -0.15) is 0 Å². The Morgan fingerprint density at radius 3 is 2.61 bits per heavy atom. The number of aryl methyl sites for hydroxylation is 1. The number of halogens is 1. The van der Waals surface area contributed by atoms with Crippen molar-refractivity contribution >= 4 is 49.8 Å². The lowest BCUT2D eigenvalue weighted by Crippen LogP contribution is -2.31. The van der Waals surface area contributed by atoms with Crippen molar-refractivity contribution in [3.8, 4) is 0 Å². The van der Waals surface area contributed by atoms with E-state index in [-0.39, 0.29) is 11.8 Å². The number of imidazole rings is 1. The molecular weight excluding hydrogens is 360 g/mol. The highest BCUT2D eigenvalue weighted by atomic mass is 79.9. The van der Waals surface area contributed by atoms with Crippen LogP contribution in [0.15, 0.2) is 41.4 Å². The summed E-state index contributed by atoms with van der Waals surface area (Å²) in [6, 6.07) is 5.76. The number of amides is 2. The average molecular weight is 372 g/mol. The molecule has 1 aliphatic heterocycles. The molecule has 3 aromatic rings. The van der Waals surface area contributed by atoms with Crippen LogP contribution < -0.4 is 9.88 Å². The molecule has 1 aliphatic rings. The zero-order valence-corrected chi connectivity index (χ0v) is 13.7. The topological polar surface area (TPSA) is 81.6 Å². The van der Waals surface area contributed by atoms with E-state index < -0.39 is 0 Å². The molecule has 4 rings (SSSR count). The predicted octanol–water partition coefficient (Wildman–Crippen LogP) is 1.65. The first-order chi connectivity index (χ1) is 11.1. The first kappa shape index (κ1) is 14.0. The molecule has 0 spiro atoms. The number of carbonyl (C=O) groups excluding carboxylic acids is 2. The van der Waals surface area contributed by atoms with E-state index in [1.54, 1.807) is 23.3 Å². The van der Waals surface area contributed by atoms with Gasteiger partial charge in [0.25, 0.3) is 11.8 Å². The second-order valence-corrected chi connectivity index (χ2v) is 6.28. The van der Waals surface area contributed by atoms with E-state index in [0.29, 0.717) is 22.4 Å². The zero-order valence-electron chi connectivity index (χ0n) is 12.1. The monoisotopic (exact) mass is 371 g/mol. The highest BCUT2D eigenvalue weighted by Gasteiger charge is 2.36. The third-order valence-corrected chi connectivity index (χ3v) is 4.46. The van der Waals surface area contributed by atoms with Gasteiger partial charge < -0.3 is 4.98 Å². The zero-order chi connectivity index (χ0) is 16.1. The number of benzene rings is 1. The fraction of sp³-hybridized carbons (Fsp3) is 0.0625. The molecule has 0 radical (unpaired) electrons. The smallest absolute Gasteiger partial charge is 0.263 e. The number of H-pyrrole nitrogens is 2. The Labute approximate surface area is 139 Å². The molecule has 7 heteroatoms. The van der Waals surface area contributed by atoms with Crippen LogP contribution in [0.3, 0.4) is 0 Å². The van der Waals surface area contributed by atoms with Gasteiger partial charge in [0.15, 0.2) is 5.69 Å². The summed E-state index contributed by atoms with van der Waals surface area (Å²) in [6.45, 7) is 0. The minimum atomic E-state index is -0.383. The van der Waals surface area contributed by atoms with E-state index in [2.05, 4.69) is 31.2 Å². The third kappa shape index (κ3) is 2.04. The average Bonchev–Trinajstić information content (AvgIpc) is 3.16. The molecule has 2 amide bonds. The Morgan fingerprint density at radius 1 is 1.09 bits per heavy atom. The van der Waals surface area contributed by atoms with Gasteiger partial charge in [0.05, 0.1) is 12.6 Å². The van der Waals surface area contributed by atoms with Crippen molar-refractivity contribution in [1.82, 2.24) is 15.3 Å². The number of nitrogens with zero attached hydrogens (tertiary/aromatic N) is 1. The number of carbonyl (C=O) groups is 2. The van der Waals surface area contributed by atoms with Crippen LogP contribution in [0.5, 0.6) is 0 Å². The van der Waals surface area contributed by atoms with Crippen molar-refractivity contribution in [3.05, 3.63) is 52.7 Å². The van der Waals surface area contributed by atoms with Crippen LogP contribution in [0.4, 0.5) is 0 Å². The lowest BCUT2D eigenvalue weighted by Gasteiger charge is -2.01. The lowest BCUT2D eigenvalue weighted by molar-refractivity contribution is -0.672. The molecule has 0 unspecified atom stereocenters. The minimum absolute atomic E-state index is 0.377. The van der Waals surface area contributed by atoms with Gasteiger partial charge in [0.1, 0.15) is 11.8 Å². The summed E-state index contributed by atoms with van der Waals surface area (Å²) >= 11 is 3.43. The fourth-order valence-electron chi connectivity index (χ4n) is 2.91. The van der Waals surface area contributed by atoms with Crippen molar-refractivity contribution in [2.24, 2.45) is 7.05 Å². The number of rotatable bonds is 2. The fourth-order valence-corrected chi connectivity index (χ4v) is 3.27. The van der Waals surface area contributed by atoms with Crippen LogP contribution >= 0.6 is 15.9 Å². The summed E-state index contributed by atoms with van der Waals surface area (Å²) in [5, 5.41) is 3.29. The SMILES string of the molecule is C[n+]1c[nH]cc1C1=C(c2c[nH]c3cc(Br)ccc23)C(=O)NC1=O. The van der Waals surface area contributed by atoms with Gasteiger partial charge in [-0.05, 0) is 12.1 Å². The van der Waals surface area contributed by atoms with Gasteiger partial charge in [-0.3, -0.25) is 14.9 Å². The molecule has 0 atom stereocenters. The van der Waals surface area contributed by atoms with Gasteiger partial charge in [0.2, 0.25) is 6.33 Å². The number of fused-ring (bicyclic) bond motifs is 1. The highest BCUT2D eigenvalue weighted by molar-refractivity contribution is 9.10. The molecule has 3 heterocycles. The largest absolute Gasteiger partial charge is 0.361 e. The summed E-state index contributed by atoms with van der Waals surface area (Å²) in [5.41, 5.74) is 3.04. The van der Waals surface area contributed by atoms with Crippen molar-refractivity contribution < 1.29 is 14.2 Å². The Morgan fingerprint density at radius 2 is 1.87 bits per heavy atom. The summed E-state index contributed by atoms with van der Waals surface area (Å²) < 4.78 is 2.72. The number of nitrogens with one attached hydrogen (secondary N) is 3. The van der Waals surface area contributed by atoms with Crippen LogP contribution in [-0.4, -0.2) is 21.8 Å². The van der Waals surface area contributed by atoms with Crippen molar-refractivity contribution in [1.29, 1.82) is 0 Å². The van der Waals surface area contributed by atoms with Gasteiger partial charge in [-0.15, -0.1) is 0 Å². The quantitative estimate of drug-likeness (QED) is 0.472. The van der Waals surface area contributed by atoms with E-state index in [1.807, 2.05) is 25.2 Å². The van der Waals surface area contributed by atoms with E-state index in [0.717, 1.165) is 15.4 Å². The number of aromatic nitrogens is 3. The standard InChI is InChI=1S/C16H11BrN4O2/c1-21-7-18-6-12(21)14-13(15(22)20-16(14)23)10-5-19-11-4-8(17)2-3-9(10)11/h2-7H,1H3,(H2,19,20,22,23)/p+1. The number of aromatic amines is 2. The van der Waals surface area contributed by atoms with E-state index in [4.69, 9.17) is 0 Å². The van der Waals surface area contributed by atoms with E-state index >= 15 is 0 Å². The van der Waals surface area contributed by atoms with Crippen LogP contribution in [0.25, 0.3) is 22.0 Å². The molecule has 2 aromatic heterocycles. The Hall–Kier alpha value is -2.67. The van der Waals surface area contributed by atoms with Crippen molar-refractivity contribution in [2.75, 3.05) is 0 Å². The van der Waals surface area contributed by atoms with Gasteiger partial charge in [-0.1, -0.05) is 22.0 Å². The van der Waals surface area contributed by atoms with Crippen LogP contribution in [0, 0.1) is 0 Å². The molecule has 0 saturated carbocycles. The second kappa shape index (κ2) is 4.92. The van der Waals surface area contributed by atoms with E-state index in [9.17, 15) is 9.59 Å². The molecule has 0 fully saturated rings. The number of imide groups is 1. The molecule has 114 valence electrons. The van der Waals surface area contributed by atoms with Gasteiger partial charge in [-0.25, -0.2) is 9.55 Å². The maximum absolute atomic E-state index is 12.4. The third-order valence-electron chi connectivity index (χ3n) is 3.97. The Bertz CT molecular complexity index is 1010.